The van der Waals surface area contributed by atoms with Crippen molar-refractivity contribution in [3.8, 4) is 11.5 Å². The van der Waals surface area contributed by atoms with Crippen LogP contribution in [0.5, 0.6) is 11.5 Å². The zero-order chi connectivity index (χ0) is 20.6. The highest BCUT2D eigenvalue weighted by Gasteiger charge is 2.14. The quantitative estimate of drug-likeness (QED) is 0.490. The maximum Gasteiger partial charge on any atom is 0.168 e. The molecule has 2 aromatic carbocycles. The van der Waals surface area contributed by atoms with Crippen molar-refractivity contribution in [3.05, 3.63) is 53.0 Å². The minimum absolute atomic E-state index is 0.0714. The zero-order valence-corrected chi connectivity index (χ0v) is 17.5. The monoisotopic (exact) mass is 410 g/mol. The number of carbonyl (C=O) groups excluding carboxylic acids is 1. The number of carboxylic acid groups (broad SMARTS) is 1. The summed E-state index contributed by atoms with van der Waals surface area (Å²) in [5.74, 6) is 0.268. The molecule has 0 spiro atoms. The van der Waals surface area contributed by atoms with Gasteiger partial charge in [0, 0.05) is 11.5 Å². The number of aromatic nitrogens is 1. The lowest BCUT2D eigenvalue weighted by Gasteiger charge is -2.15. The summed E-state index contributed by atoms with van der Waals surface area (Å²) in [5.41, 5.74) is 2.58. The average molecular weight is 411 g/mol. The van der Waals surface area contributed by atoms with E-state index in [4.69, 9.17) is 14.5 Å². The number of nitrogens with zero attached hydrogens (tertiary/aromatic N) is 1. The van der Waals surface area contributed by atoms with Crippen molar-refractivity contribution in [3.63, 3.8) is 0 Å². The molecule has 0 N–H and O–H groups in total. The fraction of sp³-hybridized carbons (Fsp3) is 0.304. The van der Waals surface area contributed by atoms with Gasteiger partial charge in [-0.2, -0.15) is 0 Å². The van der Waals surface area contributed by atoms with Gasteiger partial charge in [0.2, 0.25) is 0 Å². The number of carbonyl (C=O) groups is 1. The van der Waals surface area contributed by atoms with E-state index < -0.39 is 5.97 Å². The van der Waals surface area contributed by atoms with Crippen LogP contribution in [0.25, 0.3) is 21.9 Å². The Morgan fingerprint density at radius 2 is 1.93 bits per heavy atom. The normalized spacial score (nSPS) is 11.6. The first-order chi connectivity index (χ1) is 14.1. The summed E-state index contributed by atoms with van der Waals surface area (Å²) < 4.78 is 12.8. The molecular formula is C23H24NO4S-. The van der Waals surface area contributed by atoms with E-state index in [1.165, 1.54) is 0 Å². The molecule has 0 aliphatic carbocycles. The summed E-state index contributed by atoms with van der Waals surface area (Å²) >= 11 is 1.55. The van der Waals surface area contributed by atoms with E-state index in [9.17, 15) is 9.90 Å². The number of rotatable bonds is 10. The minimum Gasteiger partial charge on any atom is -0.550 e. The highest BCUT2D eigenvalue weighted by Crippen LogP contribution is 2.36. The fourth-order valence-corrected chi connectivity index (χ4v) is 3.96. The first-order valence-electron chi connectivity index (χ1n) is 9.77. The van der Waals surface area contributed by atoms with Gasteiger partial charge < -0.3 is 19.4 Å². The van der Waals surface area contributed by atoms with E-state index in [1.807, 2.05) is 62.4 Å². The topological polar surface area (TPSA) is 71.5 Å². The molecule has 152 valence electrons. The molecule has 0 saturated heterocycles. The Bertz CT molecular complexity index is 976. The van der Waals surface area contributed by atoms with Gasteiger partial charge in [-0.3, -0.25) is 0 Å². The van der Waals surface area contributed by atoms with Crippen LogP contribution in [0.2, 0.25) is 0 Å². The number of aliphatic carboxylic acids is 1. The number of allylic oxidation sites excluding steroid dienone is 1. The van der Waals surface area contributed by atoms with Crippen molar-refractivity contribution in [2.75, 3.05) is 13.2 Å². The molecule has 0 aliphatic heterocycles. The Morgan fingerprint density at radius 3 is 2.66 bits per heavy atom. The van der Waals surface area contributed by atoms with Crippen molar-refractivity contribution in [2.45, 2.75) is 33.1 Å². The van der Waals surface area contributed by atoms with Crippen LogP contribution in [0.15, 0.2) is 42.5 Å². The Kier molecular flexibility index (Phi) is 7.25. The molecule has 0 radical (unpaired) electrons. The number of thiazole rings is 1. The lowest BCUT2D eigenvalue weighted by molar-refractivity contribution is -0.305. The van der Waals surface area contributed by atoms with Crippen molar-refractivity contribution < 1.29 is 19.4 Å². The van der Waals surface area contributed by atoms with E-state index >= 15 is 0 Å². The number of carboxylic acids is 1. The molecule has 1 aromatic heterocycles. The molecule has 0 unspecified atom stereocenters. The van der Waals surface area contributed by atoms with Crippen LogP contribution < -0.4 is 14.6 Å². The van der Waals surface area contributed by atoms with Crippen LogP contribution >= 0.6 is 11.3 Å². The second-order valence-electron chi connectivity index (χ2n) is 6.48. The molecule has 3 rings (SSSR count). The Balaban J connectivity index is 2.07. The Labute approximate surface area is 174 Å². The predicted octanol–water partition coefficient (Wildman–Crippen LogP) is 4.55. The van der Waals surface area contributed by atoms with Gasteiger partial charge in [0.15, 0.2) is 11.5 Å². The summed E-state index contributed by atoms with van der Waals surface area (Å²) in [5, 5.41) is 11.9. The molecule has 0 fully saturated rings. The minimum atomic E-state index is -1.08. The lowest BCUT2D eigenvalue weighted by atomic mass is 10.1. The molecular weight excluding hydrogens is 386 g/mol. The van der Waals surface area contributed by atoms with Gasteiger partial charge in [-0.15, -0.1) is 11.3 Å². The second kappa shape index (κ2) is 10.1. The highest BCUT2D eigenvalue weighted by atomic mass is 32.1. The average Bonchev–Trinajstić information content (AvgIpc) is 3.14. The molecule has 0 amide bonds. The number of hydrogen-bond acceptors (Lipinski definition) is 6. The summed E-state index contributed by atoms with van der Waals surface area (Å²) in [4.78, 5) is 15.8. The highest BCUT2D eigenvalue weighted by molar-refractivity contribution is 7.19. The number of fused-ring (bicyclic) bond motifs is 1. The van der Waals surface area contributed by atoms with Crippen molar-refractivity contribution >= 4 is 39.2 Å². The lowest BCUT2D eigenvalue weighted by Crippen LogP contribution is -2.21. The molecule has 0 atom stereocenters. The van der Waals surface area contributed by atoms with E-state index in [1.54, 1.807) is 11.3 Å². The van der Waals surface area contributed by atoms with Gasteiger partial charge >= 0.3 is 0 Å². The van der Waals surface area contributed by atoms with Crippen LogP contribution in [0.1, 0.15) is 43.7 Å². The molecule has 5 nitrogen and oxygen atoms in total. The summed E-state index contributed by atoms with van der Waals surface area (Å²) in [6, 6.07) is 13.6. The molecule has 0 saturated carbocycles. The largest absolute Gasteiger partial charge is 0.550 e. The molecule has 29 heavy (non-hydrogen) atoms. The van der Waals surface area contributed by atoms with Crippen molar-refractivity contribution in [1.29, 1.82) is 0 Å². The SMILES string of the molecule is CCCOc1c(/C=C(\CCC(=O)[O-])c2nc3ccccc3s2)cccc1OCC. The molecule has 0 aliphatic rings. The summed E-state index contributed by atoms with van der Waals surface area (Å²) in [7, 11) is 0. The third-order valence-corrected chi connectivity index (χ3v) is 5.37. The third-order valence-electron chi connectivity index (χ3n) is 4.26. The number of hydrogen-bond donors (Lipinski definition) is 0. The number of ether oxygens (including phenoxy) is 2. The van der Waals surface area contributed by atoms with Crippen LogP contribution in [-0.4, -0.2) is 24.2 Å². The summed E-state index contributed by atoms with van der Waals surface area (Å²) in [6.45, 7) is 5.08. The second-order valence-corrected chi connectivity index (χ2v) is 7.51. The van der Waals surface area contributed by atoms with Gasteiger partial charge in [-0.25, -0.2) is 4.98 Å². The molecule has 6 heteroatoms. The zero-order valence-electron chi connectivity index (χ0n) is 16.6. The van der Waals surface area contributed by atoms with Crippen molar-refractivity contribution in [2.24, 2.45) is 0 Å². The Hall–Kier alpha value is -2.86. The number of para-hydroxylation sites is 2. The van der Waals surface area contributed by atoms with Gasteiger partial charge in [-0.05, 0) is 56.0 Å². The van der Waals surface area contributed by atoms with E-state index in [2.05, 4.69) is 0 Å². The fourth-order valence-electron chi connectivity index (χ4n) is 2.95. The van der Waals surface area contributed by atoms with Gasteiger partial charge in [-0.1, -0.05) is 31.2 Å². The smallest absolute Gasteiger partial charge is 0.168 e. The third kappa shape index (κ3) is 5.35. The van der Waals surface area contributed by atoms with E-state index in [-0.39, 0.29) is 6.42 Å². The van der Waals surface area contributed by atoms with Gasteiger partial charge in [0.05, 0.1) is 23.4 Å². The molecule has 3 aromatic rings. The van der Waals surface area contributed by atoms with Crippen LogP contribution in [0, 0.1) is 0 Å². The maximum atomic E-state index is 11.1. The van der Waals surface area contributed by atoms with Gasteiger partial charge in [0.1, 0.15) is 5.01 Å². The predicted molar refractivity (Wildman–Crippen MR) is 115 cm³/mol. The van der Waals surface area contributed by atoms with E-state index in [0.29, 0.717) is 31.1 Å². The molecule has 1 heterocycles. The van der Waals surface area contributed by atoms with Crippen LogP contribution in [0.3, 0.4) is 0 Å². The van der Waals surface area contributed by atoms with Gasteiger partial charge in [0.25, 0.3) is 0 Å². The van der Waals surface area contributed by atoms with Crippen molar-refractivity contribution in [1.82, 2.24) is 4.98 Å². The van der Waals surface area contributed by atoms with Crippen LogP contribution in [-0.2, 0) is 4.79 Å². The summed E-state index contributed by atoms with van der Waals surface area (Å²) in [6.07, 6.45) is 3.08. The standard InChI is InChI=1S/C23H25NO4S/c1-3-14-28-22-16(8-7-10-19(22)27-4-2)15-17(12-13-21(25)26)23-24-18-9-5-6-11-20(18)29-23/h5-11,15H,3-4,12-14H2,1-2H3,(H,25,26)/p-1/b17-15+. The van der Waals surface area contributed by atoms with Crippen LogP contribution in [0.4, 0.5) is 0 Å². The first kappa shape index (κ1) is 20.9. The molecule has 0 bridgehead atoms. The maximum absolute atomic E-state index is 11.1. The first-order valence-corrected chi connectivity index (χ1v) is 10.6. The van der Waals surface area contributed by atoms with E-state index in [0.717, 1.165) is 32.8 Å². The number of benzene rings is 2. The Morgan fingerprint density at radius 1 is 1.10 bits per heavy atom.